The number of carbonyl (C=O) groups is 2. The Bertz CT molecular complexity index is 437. The van der Waals surface area contributed by atoms with Gasteiger partial charge in [0.15, 0.2) is 5.76 Å². The number of imide groups is 1. The van der Waals surface area contributed by atoms with E-state index in [0.717, 1.165) is 18.4 Å². The van der Waals surface area contributed by atoms with Crippen molar-refractivity contribution in [1.82, 2.24) is 4.90 Å². The summed E-state index contributed by atoms with van der Waals surface area (Å²) in [7, 11) is 0. The van der Waals surface area contributed by atoms with Gasteiger partial charge in [-0.1, -0.05) is 20.8 Å². The molecule has 1 aliphatic heterocycles. The second kappa shape index (κ2) is 4.99. The number of allylic oxidation sites excluding steroid dienone is 1. The minimum Gasteiger partial charge on any atom is -0.404 e. The number of hydrogen-bond acceptors (Lipinski definition) is 3. The van der Waals surface area contributed by atoms with Crippen molar-refractivity contribution in [3.05, 3.63) is 11.3 Å². The summed E-state index contributed by atoms with van der Waals surface area (Å²) < 4.78 is 5.13. The zero-order chi connectivity index (χ0) is 14.3. The van der Waals surface area contributed by atoms with E-state index in [2.05, 4.69) is 20.8 Å². The Morgan fingerprint density at radius 3 is 2.16 bits per heavy atom. The zero-order valence-electron chi connectivity index (χ0n) is 12.4. The largest absolute Gasteiger partial charge is 0.422 e. The molecule has 1 heterocycles. The van der Waals surface area contributed by atoms with Gasteiger partial charge in [0, 0.05) is 6.04 Å². The van der Waals surface area contributed by atoms with E-state index in [1.54, 1.807) is 13.8 Å². The maximum atomic E-state index is 12.3. The molecule has 4 nitrogen and oxygen atoms in total. The molecule has 106 valence electrons. The van der Waals surface area contributed by atoms with Gasteiger partial charge in [-0.25, -0.2) is 9.69 Å². The third kappa shape index (κ3) is 2.40. The van der Waals surface area contributed by atoms with E-state index in [4.69, 9.17) is 4.74 Å². The van der Waals surface area contributed by atoms with Gasteiger partial charge in [0.05, 0.1) is 0 Å². The van der Waals surface area contributed by atoms with Crippen molar-refractivity contribution in [2.24, 2.45) is 17.8 Å². The fourth-order valence-electron chi connectivity index (χ4n) is 3.16. The molecule has 0 spiro atoms. The second-order valence-electron chi connectivity index (χ2n) is 6.34. The molecule has 2 fully saturated rings. The molecule has 1 saturated heterocycles. The van der Waals surface area contributed by atoms with Gasteiger partial charge < -0.3 is 4.74 Å². The molecule has 1 aliphatic carbocycles. The normalized spacial score (nSPS) is 35.6. The van der Waals surface area contributed by atoms with E-state index >= 15 is 0 Å². The van der Waals surface area contributed by atoms with Crippen LogP contribution in [0.4, 0.5) is 4.79 Å². The van der Waals surface area contributed by atoms with Gasteiger partial charge in [-0.15, -0.1) is 0 Å². The van der Waals surface area contributed by atoms with Crippen LogP contribution < -0.4 is 0 Å². The van der Waals surface area contributed by atoms with Gasteiger partial charge >= 0.3 is 6.09 Å². The Morgan fingerprint density at radius 1 is 1.05 bits per heavy atom. The molecule has 0 N–H and O–H groups in total. The number of hydrogen-bond donors (Lipinski definition) is 0. The van der Waals surface area contributed by atoms with Gasteiger partial charge in [0.1, 0.15) is 0 Å². The molecule has 2 amide bonds. The molecule has 19 heavy (non-hydrogen) atoms. The molecule has 4 unspecified atom stereocenters. The Kier molecular flexibility index (Phi) is 3.70. The van der Waals surface area contributed by atoms with Gasteiger partial charge in [0.2, 0.25) is 0 Å². The van der Waals surface area contributed by atoms with Crippen molar-refractivity contribution >= 4 is 12.0 Å². The molecule has 0 aromatic heterocycles. The fraction of sp³-hybridized carbons (Fsp3) is 0.733. The quantitative estimate of drug-likeness (QED) is 0.683. The first kappa shape index (κ1) is 14.1. The molecular formula is C15H23NO3. The van der Waals surface area contributed by atoms with Crippen molar-refractivity contribution < 1.29 is 14.3 Å². The van der Waals surface area contributed by atoms with Crippen LogP contribution in [0.25, 0.3) is 0 Å². The monoisotopic (exact) mass is 265 g/mol. The van der Waals surface area contributed by atoms with Gasteiger partial charge in [0.25, 0.3) is 5.91 Å². The number of ether oxygens (including phenoxy) is 1. The predicted octanol–water partition coefficient (Wildman–Crippen LogP) is 3.33. The highest BCUT2D eigenvalue weighted by Gasteiger charge is 2.46. The summed E-state index contributed by atoms with van der Waals surface area (Å²) in [6.07, 6.45) is 1.42. The van der Waals surface area contributed by atoms with E-state index in [-0.39, 0.29) is 17.7 Å². The van der Waals surface area contributed by atoms with Crippen LogP contribution in [-0.2, 0) is 9.53 Å². The summed E-state index contributed by atoms with van der Waals surface area (Å²) >= 11 is 0. The van der Waals surface area contributed by atoms with Gasteiger partial charge in [-0.3, -0.25) is 4.79 Å². The van der Waals surface area contributed by atoms with Crippen LogP contribution in [0.1, 0.15) is 47.5 Å². The average Bonchev–Trinajstić information content (AvgIpc) is 2.60. The van der Waals surface area contributed by atoms with E-state index in [0.29, 0.717) is 17.8 Å². The van der Waals surface area contributed by atoms with Gasteiger partial charge in [-0.05, 0) is 50.0 Å². The fourth-order valence-corrected chi connectivity index (χ4v) is 3.16. The Labute approximate surface area is 114 Å². The smallest absolute Gasteiger partial charge is 0.404 e. The maximum absolute atomic E-state index is 12.3. The highest BCUT2D eigenvalue weighted by Crippen LogP contribution is 2.38. The topological polar surface area (TPSA) is 46.6 Å². The lowest BCUT2D eigenvalue weighted by Crippen LogP contribution is -2.47. The molecular weight excluding hydrogens is 242 g/mol. The first-order valence-corrected chi connectivity index (χ1v) is 7.05. The number of rotatable bonds is 1. The van der Waals surface area contributed by atoms with Crippen molar-refractivity contribution in [2.75, 3.05) is 0 Å². The lowest BCUT2D eigenvalue weighted by Gasteiger charge is -2.39. The molecule has 0 aromatic carbocycles. The number of amides is 2. The lowest BCUT2D eigenvalue weighted by molar-refractivity contribution is -0.126. The summed E-state index contributed by atoms with van der Waals surface area (Å²) in [5, 5.41) is 0. The molecule has 0 radical (unpaired) electrons. The van der Waals surface area contributed by atoms with Crippen molar-refractivity contribution in [2.45, 2.75) is 53.5 Å². The maximum Gasteiger partial charge on any atom is 0.422 e. The lowest BCUT2D eigenvalue weighted by atomic mass is 9.73. The van der Waals surface area contributed by atoms with E-state index in [9.17, 15) is 9.59 Å². The minimum atomic E-state index is -0.500. The van der Waals surface area contributed by atoms with Crippen molar-refractivity contribution in [1.29, 1.82) is 0 Å². The molecule has 2 aliphatic rings. The number of nitrogens with zero attached hydrogens (tertiary/aromatic N) is 1. The third-order valence-corrected chi connectivity index (χ3v) is 4.57. The molecule has 0 aromatic rings. The molecule has 4 heteroatoms. The van der Waals surface area contributed by atoms with Gasteiger partial charge in [-0.2, -0.15) is 0 Å². The summed E-state index contributed by atoms with van der Waals surface area (Å²) in [5.74, 6) is 1.45. The molecule has 1 saturated carbocycles. The predicted molar refractivity (Wildman–Crippen MR) is 72.2 cm³/mol. The van der Waals surface area contributed by atoms with E-state index < -0.39 is 6.09 Å². The van der Waals surface area contributed by atoms with Crippen LogP contribution in [-0.4, -0.2) is 22.9 Å². The molecule has 4 atom stereocenters. The summed E-state index contributed by atoms with van der Waals surface area (Å²) in [5.41, 5.74) is 0.755. The first-order chi connectivity index (χ1) is 8.82. The molecule has 2 rings (SSSR count). The molecule has 0 bridgehead atoms. The Hall–Kier alpha value is -1.32. The van der Waals surface area contributed by atoms with Crippen LogP contribution in [0.15, 0.2) is 11.3 Å². The average molecular weight is 265 g/mol. The SMILES string of the molecule is CC(C)=C1OC(=O)N(C2CC(C)C(C)CC2C)C1=O. The van der Waals surface area contributed by atoms with E-state index in [1.807, 2.05) is 0 Å². The van der Waals surface area contributed by atoms with Crippen LogP contribution in [0.2, 0.25) is 0 Å². The standard InChI is InChI=1S/C15H23NO3/c1-8(2)13-14(17)16(15(18)19-13)12-7-10(4)9(3)6-11(12)5/h9-12H,6-7H2,1-5H3. The summed E-state index contributed by atoms with van der Waals surface area (Å²) in [6.45, 7) is 10.1. The van der Waals surface area contributed by atoms with Crippen LogP contribution in [0, 0.1) is 17.8 Å². The Balaban J connectivity index is 2.25. The number of carbonyl (C=O) groups excluding carboxylic acids is 2. The summed E-state index contributed by atoms with van der Waals surface area (Å²) in [4.78, 5) is 25.6. The third-order valence-electron chi connectivity index (χ3n) is 4.57. The van der Waals surface area contributed by atoms with E-state index in [1.165, 1.54) is 4.90 Å². The van der Waals surface area contributed by atoms with Crippen LogP contribution in [0.3, 0.4) is 0 Å². The summed E-state index contributed by atoms with van der Waals surface area (Å²) in [6, 6.07) is -0.0250. The highest BCUT2D eigenvalue weighted by atomic mass is 16.6. The highest BCUT2D eigenvalue weighted by molar-refractivity contribution is 6.08. The van der Waals surface area contributed by atoms with Crippen LogP contribution >= 0.6 is 0 Å². The zero-order valence-corrected chi connectivity index (χ0v) is 12.4. The van der Waals surface area contributed by atoms with Crippen molar-refractivity contribution in [3.63, 3.8) is 0 Å². The first-order valence-electron chi connectivity index (χ1n) is 7.05. The van der Waals surface area contributed by atoms with Crippen molar-refractivity contribution in [3.8, 4) is 0 Å². The Morgan fingerprint density at radius 2 is 1.63 bits per heavy atom. The van der Waals surface area contributed by atoms with Crippen LogP contribution in [0.5, 0.6) is 0 Å². The minimum absolute atomic E-state index is 0.0250. The number of cyclic esters (lactones) is 1. The second-order valence-corrected chi connectivity index (χ2v) is 6.34.